The van der Waals surface area contributed by atoms with E-state index in [2.05, 4.69) is 17.9 Å². The van der Waals surface area contributed by atoms with E-state index >= 15 is 0 Å². The summed E-state index contributed by atoms with van der Waals surface area (Å²) in [6.45, 7) is 0. The van der Waals surface area contributed by atoms with Crippen molar-refractivity contribution in [1.82, 2.24) is 0 Å². The number of benzene rings is 1. The highest BCUT2D eigenvalue weighted by Crippen LogP contribution is 2.49. The van der Waals surface area contributed by atoms with Crippen LogP contribution in [0, 0.1) is 11.2 Å². The molecule has 1 N–H and O–H groups in total. The molecule has 1 fully saturated rings. The van der Waals surface area contributed by atoms with Crippen LogP contribution in [-0.4, -0.2) is 11.7 Å². The number of carbonyl (C=O) groups excluding carboxylic acids is 1. The fourth-order valence-corrected chi connectivity index (χ4v) is 2.35. The number of para-hydroxylation sites is 1. The van der Waals surface area contributed by atoms with Crippen LogP contribution in [-0.2, 0) is 4.79 Å². The topological polar surface area (TPSA) is 29.1 Å². The van der Waals surface area contributed by atoms with Gasteiger partial charge in [0.15, 0.2) is 0 Å². The van der Waals surface area contributed by atoms with E-state index in [4.69, 9.17) is 11.6 Å². The average molecular weight is 274 g/mol. The highest BCUT2D eigenvalue weighted by molar-refractivity contribution is 7.80. The van der Waals surface area contributed by atoms with E-state index in [1.165, 1.54) is 12.1 Å². The quantitative estimate of drug-likeness (QED) is 0.808. The van der Waals surface area contributed by atoms with Gasteiger partial charge in [0.2, 0.25) is 5.91 Å². The lowest BCUT2D eigenvalue weighted by Gasteiger charge is -2.12. The summed E-state index contributed by atoms with van der Waals surface area (Å²) in [4.78, 5) is 11.8. The van der Waals surface area contributed by atoms with E-state index in [1.54, 1.807) is 6.07 Å². The lowest BCUT2D eigenvalue weighted by atomic mass is 10.1. The normalized spacial score (nSPS) is 16.6. The summed E-state index contributed by atoms with van der Waals surface area (Å²) >= 11 is 10.0. The standard InChI is InChI=1S/C12H13ClFNOS/c13-8-2-1-3-9(14)11(8)15-10(16)6-12(7-17)4-5-12/h1-3,17H,4-7H2,(H,15,16). The molecule has 1 aromatic carbocycles. The maximum Gasteiger partial charge on any atom is 0.225 e. The van der Waals surface area contributed by atoms with E-state index < -0.39 is 5.82 Å². The number of carbonyl (C=O) groups is 1. The lowest BCUT2D eigenvalue weighted by molar-refractivity contribution is -0.117. The minimum Gasteiger partial charge on any atom is -0.322 e. The molecule has 0 bridgehead atoms. The smallest absolute Gasteiger partial charge is 0.225 e. The second kappa shape index (κ2) is 4.86. The Labute approximate surface area is 110 Å². The summed E-state index contributed by atoms with van der Waals surface area (Å²) in [6, 6.07) is 4.32. The number of rotatable bonds is 4. The molecule has 2 nitrogen and oxygen atoms in total. The van der Waals surface area contributed by atoms with E-state index in [1.807, 2.05) is 0 Å². The van der Waals surface area contributed by atoms with Crippen LogP contribution in [0.1, 0.15) is 19.3 Å². The predicted octanol–water partition coefficient (Wildman–Crippen LogP) is 3.52. The van der Waals surface area contributed by atoms with Crippen molar-refractivity contribution in [2.75, 3.05) is 11.1 Å². The maximum absolute atomic E-state index is 13.4. The van der Waals surface area contributed by atoms with Gasteiger partial charge in [-0.2, -0.15) is 12.6 Å². The summed E-state index contributed by atoms with van der Waals surface area (Å²) in [6.07, 6.45) is 2.39. The Bertz CT molecular complexity index is 428. The fourth-order valence-electron chi connectivity index (χ4n) is 1.71. The van der Waals surface area contributed by atoms with Crippen LogP contribution < -0.4 is 5.32 Å². The molecular weight excluding hydrogens is 261 g/mol. The van der Waals surface area contributed by atoms with Crippen LogP contribution >= 0.6 is 24.2 Å². The van der Waals surface area contributed by atoms with Crippen molar-refractivity contribution in [3.8, 4) is 0 Å². The van der Waals surface area contributed by atoms with Crippen LogP contribution in [0.25, 0.3) is 0 Å². The summed E-state index contributed by atoms with van der Waals surface area (Å²) < 4.78 is 13.4. The highest BCUT2D eigenvalue weighted by atomic mass is 35.5. The molecule has 0 saturated heterocycles. The number of nitrogens with one attached hydrogen (secondary N) is 1. The summed E-state index contributed by atoms with van der Waals surface area (Å²) in [7, 11) is 0. The second-order valence-electron chi connectivity index (χ2n) is 4.48. The van der Waals surface area contributed by atoms with Crippen LogP contribution in [0.3, 0.4) is 0 Å². The first kappa shape index (κ1) is 12.7. The molecule has 0 spiro atoms. The van der Waals surface area contributed by atoms with Crippen molar-refractivity contribution >= 4 is 35.8 Å². The monoisotopic (exact) mass is 273 g/mol. The summed E-state index contributed by atoms with van der Waals surface area (Å²) in [5, 5.41) is 2.75. The Kier molecular flexibility index (Phi) is 3.64. The molecule has 2 rings (SSSR count). The molecule has 92 valence electrons. The van der Waals surface area contributed by atoms with E-state index in [0.29, 0.717) is 12.2 Å². The van der Waals surface area contributed by atoms with Crippen LogP contribution in [0.2, 0.25) is 5.02 Å². The number of anilines is 1. The predicted molar refractivity (Wildman–Crippen MR) is 70.2 cm³/mol. The molecule has 0 aliphatic heterocycles. The largest absolute Gasteiger partial charge is 0.322 e. The number of halogens is 2. The van der Waals surface area contributed by atoms with Gasteiger partial charge in [0.25, 0.3) is 0 Å². The van der Waals surface area contributed by atoms with Crippen molar-refractivity contribution < 1.29 is 9.18 Å². The molecule has 17 heavy (non-hydrogen) atoms. The van der Waals surface area contributed by atoms with Gasteiger partial charge in [-0.15, -0.1) is 0 Å². The molecular formula is C12H13ClFNOS. The zero-order valence-electron chi connectivity index (χ0n) is 9.17. The minimum absolute atomic E-state index is 0.0188. The molecule has 1 aromatic rings. The second-order valence-corrected chi connectivity index (χ2v) is 5.20. The maximum atomic E-state index is 13.4. The zero-order valence-corrected chi connectivity index (χ0v) is 10.8. The molecule has 0 unspecified atom stereocenters. The van der Waals surface area contributed by atoms with Crippen molar-refractivity contribution in [2.24, 2.45) is 5.41 Å². The molecule has 1 aliphatic carbocycles. The Balaban J connectivity index is 2.03. The first-order valence-corrected chi connectivity index (χ1v) is 6.42. The molecule has 0 atom stereocenters. The van der Waals surface area contributed by atoms with Crippen molar-refractivity contribution in [1.29, 1.82) is 0 Å². The Morgan fingerprint density at radius 3 is 2.76 bits per heavy atom. The third-order valence-corrected chi connectivity index (χ3v) is 4.04. The average Bonchev–Trinajstić information content (AvgIpc) is 3.04. The SMILES string of the molecule is O=C(CC1(CS)CC1)Nc1c(F)cccc1Cl. The van der Waals surface area contributed by atoms with E-state index in [-0.39, 0.29) is 22.0 Å². The van der Waals surface area contributed by atoms with Gasteiger partial charge in [0.05, 0.1) is 10.7 Å². The van der Waals surface area contributed by atoms with Gasteiger partial charge in [-0.05, 0) is 36.1 Å². The van der Waals surface area contributed by atoms with Crippen LogP contribution in [0.4, 0.5) is 10.1 Å². The molecule has 0 radical (unpaired) electrons. The Hall–Kier alpha value is -0.740. The van der Waals surface area contributed by atoms with Gasteiger partial charge in [-0.1, -0.05) is 17.7 Å². The van der Waals surface area contributed by atoms with Gasteiger partial charge in [0, 0.05) is 6.42 Å². The van der Waals surface area contributed by atoms with Gasteiger partial charge >= 0.3 is 0 Å². The van der Waals surface area contributed by atoms with Crippen molar-refractivity contribution in [2.45, 2.75) is 19.3 Å². The third kappa shape index (κ3) is 2.93. The van der Waals surface area contributed by atoms with Gasteiger partial charge < -0.3 is 5.32 Å². The van der Waals surface area contributed by atoms with Gasteiger partial charge in [-0.25, -0.2) is 4.39 Å². The number of thiol groups is 1. The Morgan fingerprint density at radius 2 is 2.24 bits per heavy atom. The molecule has 0 heterocycles. The lowest BCUT2D eigenvalue weighted by Crippen LogP contribution is -2.19. The molecule has 5 heteroatoms. The number of hydrogen-bond acceptors (Lipinski definition) is 2. The molecule has 1 saturated carbocycles. The van der Waals surface area contributed by atoms with Crippen LogP contribution in [0.15, 0.2) is 18.2 Å². The van der Waals surface area contributed by atoms with Gasteiger partial charge in [-0.3, -0.25) is 4.79 Å². The van der Waals surface area contributed by atoms with Crippen molar-refractivity contribution in [3.63, 3.8) is 0 Å². The van der Waals surface area contributed by atoms with E-state index in [0.717, 1.165) is 12.8 Å². The van der Waals surface area contributed by atoms with Gasteiger partial charge in [0.1, 0.15) is 5.82 Å². The zero-order chi connectivity index (χ0) is 12.5. The Morgan fingerprint density at radius 1 is 1.53 bits per heavy atom. The minimum atomic E-state index is -0.512. The number of hydrogen-bond donors (Lipinski definition) is 2. The summed E-state index contributed by atoms with van der Waals surface area (Å²) in [5.41, 5.74) is 0.0828. The first-order valence-electron chi connectivity index (χ1n) is 5.41. The highest BCUT2D eigenvalue weighted by Gasteiger charge is 2.42. The molecule has 0 aromatic heterocycles. The van der Waals surface area contributed by atoms with Crippen LogP contribution in [0.5, 0.6) is 0 Å². The first-order chi connectivity index (χ1) is 8.06. The molecule has 1 aliphatic rings. The molecule has 1 amide bonds. The van der Waals surface area contributed by atoms with E-state index in [9.17, 15) is 9.18 Å². The fraction of sp³-hybridized carbons (Fsp3) is 0.417. The number of amides is 1. The third-order valence-electron chi connectivity index (χ3n) is 3.06. The van der Waals surface area contributed by atoms with Crippen molar-refractivity contribution in [3.05, 3.63) is 29.0 Å². The summed E-state index contributed by atoms with van der Waals surface area (Å²) in [5.74, 6) is -0.0315.